The summed E-state index contributed by atoms with van der Waals surface area (Å²) in [7, 11) is 0. The van der Waals surface area contributed by atoms with Crippen LogP contribution < -0.4 is 0 Å². The van der Waals surface area contributed by atoms with Crippen molar-refractivity contribution >= 4 is 5.97 Å². The fraction of sp³-hybridized carbons (Fsp3) is 0.100. The van der Waals surface area contributed by atoms with Crippen LogP contribution in [0.25, 0.3) is 16.8 Å². The number of nitrogens with zero attached hydrogens (tertiary/aromatic N) is 2. The molecule has 0 saturated carbocycles. The molecule has 0 aliphatic carbocycles. The lowest BCUT2D eigenvalue weighted by molar-refractivity contribution is 0.0696. The highest BCUT2D eigenvalue weighted by molar-refractivity contribution is 5.90. The molecule has 0 aliphatic rings. The molecule has 0 unspecified atom stereocenters. The minimum atomic E-state index is -0.926. The molecule has 4 heteroatoms. The summed E-state index contributed by atoms with van der Waals surface area (Å²) in [5.41, 5.74) is 5.37. The quantitative estimate of drug-likeness (QED) is 0.782. The molecular formula is C20H16N2O2. The van der Waals surface area contributed by atoms with Gasteiger partial charge in [-0.15, -0.1) is 0 Å². The van der Waals surface area contributed by atoms with Gasteiger partial charge in [-0.2, -0.15) is 5.26 Å². The van der Waals surface area contributed by atoms with E-state index in [4.69, 9.17) is 5.26 Å². The molecule has 0 fully saturated rings. The number of carboxylic acids is 1. The van der Waals surface area contributed by atoms with Gasteiger partial charge in [0.25, 0.3) is 0 Å². The zero-order valence-electron chi connectivity index (χ0n) is 13.4. The predicted molar refractivity (Wildman–Crippen MR) is 92.4 cm³/mol. The van der Waals surface area contributed by atoms with Gasteiger partial charge >= 0.3 is 5.97 Å². The first-order valence-corrected chi connectivity index (χ1v) is 7.55. The molecule has 0 atom stereocenters. The van der Waals surface area contributed by atoms with Crippen molar-refractivity contribution in [2.45, 2.75) is 13.8 Å². The van der Waals surface area contributed by atoms with Crippen molar-refractivity contribution in [3.63, 3.8) is 0 Å². The van der Waals surface area contributed by atoms with E-state index >= 15 is 0 Å². The Morgan fingerprint density at radius 2 is 1.75 bits per heavy atom. The highest BCUT2D eigenvalue weighted by Crippen LogP contribution is 2.30. The Morgan fingerprint density at radius 3 is 2.33 bits per heavy atom. The van der Waals surface area contributed by atoms with E-state index in [0.717, 1.165) is 22.5 Å². The molecule has 118 valence electrons. The van der Waals surface area contributed by atoms with E-state index in [0.29, 0.717) is 16.8 Å². The minimum Gasteiger partial charge on any atom is -0.478 e. The van der Waals surface area contributed by atoms with Gasteiger partial charge in [0.1, 0.15) is 0 Å². The van der Waals surface area contributed by atoms with Crippen LogP contribution in [-0.2, 0) is 0 Å². The van der Waals surface area contributed by atoms with Gasteiger partial charge < -0.3 is 9.67 Å². The second-order valence-corrected chi connectivity index (χ2v) is 5.63. The number of carboxylic acid groups (broad SMARTS) is 1. The number of benzene rings is 2. The molecule has 0 spiro atoms. The normalized spacial score (nSPS) is 10.4. The number of aromatic carboxylic acids is 1. The van der Waals surface area contributed by atoms with Crippen molar-refractivity contribution in [1.82, 2.24) is 4.57 Å². The van der Waals surface area contributed by atoms with E-state index in [2.05, 4.69) is 6.07 Å². The third kappa shape index (κ3) is 2.57. The molecule has 3 rings (SSSR count). The molecule has 0 radical (unpaired) electrons. The summed E-state index contributed by atoms with van der Waals surface area (Å²) in [6, 6.07) is 19.0. The minimum absolute atomic E-state index is 0.308. The van der Waals surface area contributed by atoms with Gasteiger partial charge in [0.2, 0.25) is 0 Å². The van der Waals surface area contributed by atoms with E-state index < -0.39 is 5.97 Å². The van der Waals surface area contributed by atoms with Gasteiger partial charge in [-0.1, -0.05) is 30.3 Å². The van der Waals surface area contributed by atoms with Crippen molar-refractivity contribution in [3.05, 3.63) is 77.1 Å². The fourth-order valence-corrected chi connectivity index (χ4v) is 2.99. The molecule has 3 aromatic rings. The number of para-hydroxylation sites is 1. The van der Waals surface area contributed by atoms with Gasteiger partial charge in [0.15, 0.2) is 0 Å². The van der Waals surface area contributed by atoms with Crippen molar-refractivity contribution in [1.29, 1.82) is 5.26 Å². The van der Waals surface area contributed by atoms with Gasteiger partial charge in [0.05, 0.1) is 22.9 Å². The van der Waals surface area contributed by atoms with E-state index in [9.17, 15) is 9.90 Å². The first-order valence-electron chi connectivity index (χ1n) is 7.55. The van der Waals surface area contributed by atoms with Gasteiger partial charge in [-0.05, 0) is 43.7 Å². The molecule has 0 amide bonds. The topological polar surface area (TPSA) is 66.0 Å². The van der Waals surface area contributed by atoms with Crippen LogP contribution in [-0.4, -0.2) is 15.6 Å². The summed E-state index contributed by atoms with van der Waals surface area (Å²) < 4.78 is 1.96. The van der Waals surface area contributed by atoms with Crippen LogP contribution in [0.3, 0.4) is 0 Å². The molecule has 4 nitrogen and oxygen atoms in total. The van der Waals surface area contributed by atoms with Crippen molar-refractivity contribution in [3.8, 4) is 22.9 Å². The third-order valence-electron chi connectivity index (χ3n) is 4.13. The molecule has 1 heterocycles. The fourth-order valence-electron chi connectivity index (χ4n) is 2.99. The number of hydrogen-bond donors (Lipinski definition) is 1. The highest BCUT2D eigenvalue weighted by atomic mass is 16.4. The molecule has 1 N–H and O–H groups in total. The number of rotatable bonds is 3. The van der Waals surface area contributed by atoms with Crippen LogP contribution in [0.5, 0.6) is 0 Å². The van der Waals surface area contributed by atoms with Crippen LogP contribution in [0.2, 0.25) is 0 Å². The number of hydrogen-bond acceptors (Lipinski definition) is 2. The molecule has 1 aromatic heterocycles. The van der Waals surface area contributed by atoms with Crippen molar-refractivity contribution in [2.24, 2.45) is 0 Å². The third-order valence-corrected chi connectivity index (χ3v) is 4.13. The zero-order valence-corrected chi connectivity index (χ0v) is 13.4. The number of aromatic nitrogens is 1. The molecule has 0 saturated heterocycles. The maximum Gasteiger partial charge on any atom is 0.337 e. The SMILES string of the molecule is Cc1cc(C(=O)O)c(C)n1-c1ccccc1-c1ccc(C#N)cc1. The maximum atomic E-state index is 11.4. The van der Waals surface area contributed by atoms with Gasteiger partial charge in [-0.3, -0.25) is 0 Å². The standard InChI is InChI=1S/C20H16N2O2/c1-13-11-18(20(23)24)14(2)22(13)19-6-4-3-5-17(19)16-9-7-15(12-21)8-10-16/h3-11H,1-2H3,(H,23,24). The monoisotopic (exact) mass is 316 g/mol. The Hall–Kier alpha value is -3.32. The summed E-state index contributed by atoms with van der Waals surface area (Å²) in [6.07, 6.45) is 0. The van der Waals surface area contributed by atoms with E-state index in [-0.39, 0.29) is 0 Å². The summed E-state index contributed by atoms with van der Waals surface area (Å²) in [4.78, 5) is 11.4. The zero-order chi connectivity index (χ0) is 17.3. The lowest BCUT2D eigenvalue weighted by atomic mass is 10.0. The Labute approximate surface area is 140 Å². The smallest absolute Gasteiger partial charge is 0.337 e. The predicted octanol–water partition coefficient (Wildman–Crippen LogP) is 4.33. The van der Waals surface area contributed by atoms with E-state index in [1.54, 1.807) is 18.2 Å². The second kappa shape index (κ2) is 6.05. The van der Waals surface area contributed by atoms with E-state index in [1.165, 1.54) is 0 Å². The molecule has 24 heavy (non-hydrogen) atoms. The van der Waals surface area contributed by atoms with E-state index in [1.807, 2.05) is 54.8 Å². The Morgan fingerprint density at radius 1 is 1.08 bits per heavy atom. The highest BCUT2D eigenvalue weighted by Gasteiger charge is 2.17. The average Bonchev–Trinajstić information content (AvgIpc) is 2.90. The molecule has 0 bridgehead atoms. The van der Waals surface area contributed by atoms with Gasteiger partial charge in [0, 0.05) is 17.0 Å². The van der Waals surface area contributed by atoms with Crippen LogP contribution >= 0.6 is 0 Å². The molecule has 0 aliphatic heterocycles. The molecule has 2 aromatic carbocycles. The summed E-state index contributed by atoms with van der Waals surface area (Å²) in [5.74, 6) is -0.926. The number of carbonyl (C=O) groups is 1. The molecular weight excluding hydrogens is 300 g/mol. The Balaban J connectivity index is 2.21. The largest absolute Gasteiger partial charge is 0.478 e. The summed E-state index contributed by atoms with van der Waals surface area (Å²) in [6.45, 7) is 3.71. The van der Waals surface area contributed by atoms with Crippen LogP contribution in [0.4, 0.5) is 0 Å². The lowest BCUT2D eigenvalue weighted by Crippen LogP contribution is -2.04. The second-order valence-electron chi connectivity index (χ2n) is 5.63. The number of nitriles is 1. The van der Waals surface area contributed by atoms with Gasteiger partial charge in [-0.25, -0.2) is 4.79 Å². The lowest BCUT2D eigenvalue weighted by Gasteiger charge is -2.15. The summed E-state index contributed by atoms with van der Waals surface area (Å²) in [5, 5.41) is 18.3. The Bertz CT molecular complexity index is 960. The van der Waals surface area contributed by atoms with Crippen molar-refractivity contribution in [2.75, 3.05) is 0 Å². The average molecular weight is 316 g/mol. The summed E-state index contributed by atoms with van der Waals surface area (Å²) >= 11 is 0. The van der Waals surface area contributed by atoms with Crippen LogP contribution in [0, 0.1) is 25.2 Å². The first kappa shape index (κ1) is 15.6. The number of aryl methyl sites for hydroxylation is 1. The maximum absolute atomic E-state index is 11.4. The first-order chi connectivity index (χ1) is 11.5. The van der Waals surface area contributed by atoms with Crippen molar-refractivity contribution < 1.29 is 9.90 Å². The van der Waals surface area contributed by atoms with Crippen LogP contribution in [0.15, 0.2) is 54.6 Å². The van der Waals surface area contributed by atoms with Crippen LogP contribution in [0.1, 0.15) is 27.3 Å². The Kier molecular flexibility index (Phi) is 3.93.